The fraction of sp³-hybridized carbons (Fsp3) is 0.515. The number of hydrogen-bond acceptors (Lipinski definition) is 6. The van der Waals surface area contributed by atoms with Crippen LogP contribution in [0.1, 0.15) is 56.1 Å². The molecule has 238 valence electrons. The van der Waals surface area contributed by atoms with Crippen molar-refractivity contribution in [3.05, 3.63) is 64.1 Å². The van der Waals surface area contributed by atoms with E-state index in [1.54, 1.807) is 17.0 Å². The van der Waals surface area contributed by atoms with Crippen LogP contribution in [0, 0.1) is 0 Å². The summed E-state index contributed by atoms with van der Waals surface area (Å²) in [5.41, 5.74) is 3.07. The lowest BCUT2D eigenvalue weighted by molar-refractivity contribution is -0.135. The van der Waals surface area contributed by atoms with Crippen LogP contribution in [-0.2, 0) is 16.8 Å². The number of urea groups is 2. The highest BCUT2D eigenvalue weighted by Crippen LogP contribution is 2.39. The van der Waals surface area contributed by atoms with Gasteiger partial charge >= 0.3 is 17.8 Å². The summed E-state index contributed by atoms with van der Waals surface area (Å²) in [4.78, 5) is 60.7. The van der Waals surface area contributed by atoms with Gasteiger partial charge in [0.05, 0.1) is 11.1 Å². The van der Waals surface area contributed by atoms with E-state index in [2.05, 4.69) is 25.8 Å². The summed E-state index contributed by atoms with van der Waals surface area (Å²) < 4.78 is 5.26. The number of piperidine rings is 1. The van der Waals surface area contributed by atoms with Gasteiger partial charge in [-0.15, -0.1) is 0 Å². The number of aromatic amines is 1. The third-order valence-corrected chi connectivity index (χ3v) is 10.2. The molecule has 1 spiro atoms. The SMILES string of the molecule is O=C1Nc2ccccc2C2(CCN(C(=O)N[C@H](Cc3ccc4[nH]c(=O)oc4c3)C(=O)N3CCN(C4CCCCC4)CC3)CC2)N1. The number of likely N-dealkylation sites (tertiary alicyclic amines) is 1. The molecule has 5 amide bonds. The van der Waals surface area contributed by atoms with Crippen LogP contribution in [0.15, 0.2) is 51.7 Å². The van der Waals surface area contributed by atoms with E-state index in [0.29, 0.717) is 56.2 Å². The molecule has 3 aromatic rings. The molecule has 45 heavy (non-hydrogen) atoms. The van der Waals surface area contributed by atoms with Crippen LogP contribution in [-0.4, -0.2) is 89.0 Å². The maximum Gasteiger partial charge on any atom is 0.417 e. The first kappa shape index (κ1) is 29.4. The summed E-state index contributed by atoms with van der Waals surface area (Å²) in [5.74, 6) is -0.635. The van der Waals surface area contributed by atoms with Crippen molar-refractivity contribution in [2.24, 2.45) is 0 Å². The predicted octanol–water partition coefficient (Wildman–Crippen LogP) is 3.35. The van der Waals surface area contributed by atoms with Crippen LogP contribution < -0.4 is 21.7 Å². The summed E-state index contributed by atoms with van der Waals surface area (Å²) in [7, 11) is 0. The molecule has 4 heterocycles. The number of carbonyl (C=O) groups is 3. The first-order valence-corrected chi connectivity index (χ1v) is 16.3. The van der Waals surface area contributed by atoms with E-state index in [0.717, 1.165) is 29.9 Å². The minimum atomic E-state index is -0.781. The number of rotatable bonds is 5. The van der Waals surface area contributed by atoms with Crippen molar-refractivity contribution in [1.29, 1.82) is 0 Å². The Hall–Kier alpha value is -4.32. The molecule has 1 atom stereocenters. The Balaban J connectivity index is 1.05. The van der Waals surface area contributed by atoms with Gasteiger partial charge in [0.15, 0.2) is 5.58 Å². The van der Waals surface area contributed by atoms with Gasteiger partial charge in [0.25, 0.3) is 0 Å². The number of nitrogens with zero attached hydrogens (tertiary/aromatic N) is 3. The first-order valence-electron chi connectivity index (χ1n) is 16.3. The molecule has 7 rings (SSSR count). The van der Waals surface area contributed by atoms with Crippen molar-refractivity contribution >= 4 is 34.8 Å². The Kier molecular flexibility index (Phi) is 7.99. The topological polar surface area (TPSA) is 143 Å². The Morgan fingerprint density at radius 3 is 2.47 bits per heavy atom. The molecule has 3 aliphatic heterocycles. The van der Waals surface area contributed by atoms with Crippen molar-refractivity contribution in [2.45, 2.75) is 69.0 Å². The van der Waals surface area contributed by atoms with E-state index < -0.39 is 17.3 Å². The molecule has 1 aliphatic carbocycles. The summed E-state index contributed by atoms with van der Waals surface area (Å²) in [6, 6.07) is 12.4. The summed E-state index contributed by atoms with van der Waals surface area (Å²) in [6.07, 6.45) is 7.72. The van der Waals surface area contributed by atoms with Crippen molar-refractivity contribution < 1.29 is 18.8 Å². The largest absolute Gasteiger partial charge is 0.417 e. The summed E-state index contributed by atoms with van der Waals surface area (Å²) in [5, 5.41) is 9.06. The lowest BCUT2D eigenvalue weighted by atomic mass is 9.79. The molecule has 1 saturated carbocycles. The number of amides is 5. The highest BCUT2D eigenvalue weighted by atomic mass is 16.4. The number of carbonyl (C=O) groups excluding carboxylic acids is 3. The van der Waals surface area contributed by atoms with Crippen molar-refractivity contribution in [2.75, 3.05) is 44.6 Å². The Morgan fingerprint density at radius 2 is 1.69 bits per heavy atom. The highest BCUT2D eigenvalue weighted by Gasteiger charge is 2.43. The summed E-state index contributed by atoms with van der Waals surface area (Å²) in [6.45, 7) is 3.81. The zero-order valence-corrected chi connectivity index (χ0v) is 25.5. The zero-order chi connectivity index (χ0) is 31.0. The van der Waals surface area contributed by atoms with Gasteiger partial charge in [0, 0.05) is 63.0 Å². The average Bonchev–Trinajstić information content (AvgIpc) is 3.44. The summed E-state index contributed by atoms with van der Waals surface area (Å²) >= 11 is 0. The molecule has 4 N–H and O–H groups in total. The molecule has 0 unspecified atom stereocenters. The van der Waals surface area contributed by atoms with E-state index in [4.69, 9.17) is 4.42 Å². The number of oxazole rings is 1. The monoisotopic (exact) mass is 615 g/mol. The van der Waals surface area contributed by atoms with Gasteiger partial charge in [-0.05, 0) is 49.4 Å². The molecule has 3 fully saturated rings. The van der Waals surface area contributed by atoms with Gasteiger partial charge in [0.1, 0.15) is 6.04 Å². The van der Waals surface area contributed by atoms with Crippen LogP contribution in [0.4, 0.5) is 15.3 Å². The van der Waals surface area contributed by atoms with Gasteiger partial charge in [-0.1, -0.05) is 43.5 Å². The molecule has 0 radical (unpaired) electrons. The molecule has 2 saturated heterocycles. The molecule has 2 aromatic carbocycles. The number of benzene rings is 2. The van der Waals surface area contributed by atoms with E-state index in [1.165, 1.54) is 32.1 Å². The van der Waals surface area contributed by atoms with Crippen molar-refractivity contribution in [3.63, 3.8) is 0 Å². The fourth-order valence-corrected chi connectivity index (χ4v) is 7.70. The van der Waals surface area contributed by atoms with Crippen LogP contribution >= 0.6 is 0 Å². The molecule has 0 bridgehead atoms. The number of para-hydroxylation sites is 1. The quantitative estimate of drug-likeness (QED) is 0.347. The first-order chi connectivity index (χ1) is 21.9. The molecule has 1 aromatic heterocycles. The molecular formula is C33H41N7O5. The van der Waals surface area contributed by atoms with Crippen LogP contribution in [0.2, 0.25) is 0 Å². The second-order valence-electron chi connectivity index (χ2n) is 12.9. The fourth-order valence-electron chi connectivity index (χ4n) is 7.70. The number of fused-ring (bicyclic) bond motifs is 3. The van der Waals surface area contributed by atoms with Gasteiger partial charge in [-0.25, -0.2) is 14.4 Å². The molecule has 4 aliphatic rings. The number of nitrogens with one attached hydrogen (secondary N) is 4. The third-order valence-electron chi connectivity index (χ3n) is 10.2. The average molecular weight is 616 g/mol. The maximum atomic E-state index is 14.0. The van der Waals surface area contributed by atoms with Gasteiger partial charge in [-0.3, -0.25) is 14.7 Å². The smallest absolute Gasteiger partial charge is 0.408 e. The second-order valence-corrected chi connectivity index (χ2v) is 12.9. The number of aromatic nitrogens is 1. The number of anilines is 1. The van der Waals surface area contributed by atoms with Gasteiger partial charge in [-0.2, -0.15) is 0 Å². The van der Waals surface area contributed by atoms with Crippen LogP contribution in [0.3, 0.4) is 0 Å². The number of H-pyrrole nitrogens is 1. The van der Waals surface area contributed by atoms with E-state index >= 15 is 0 Å². The second kappa shape index (κ2) is 12.2. The lowest BCUT2D eigenvalue weighted by Crippen LogP contribution is -2.61. The predicted molar refractivity (Wildman–Crippen MR) is 169 cm³/mol. The minimum absolute atomic E-state index is 0.102. The Morgan fingerprint density at radius 1 is 0.933 bits per heavy atom. The Labute approximate surface area is 261 Å². The standard InChI is InChI=1S/C33H41N7O5/c41-29(39-18-16-38(17-19-39)23-6-2-1-3-7-23)27(20-22-10-11-26-28(21-22)45-32(44)36-26)35-31(43)40-14-12-33(13-15-40)24-8-4-5-9-25(24)34-30(42)37-33/h4-5,8-11,21,23,27H,1-3,6-7,12-20H2,(H,35,43)(H,36,44)(H2,34,37,42)/t27-/m1/s1. The van der Waals surface area contributed by atoms with Crippen LogP contribution in [0.5, 0.6) is 0 Å². The zero-order valence-electron chi connectivity index (χ0n) is 25.5. The van der Waals surface area contributed by atoms with E-state index in [-0.39, 0.29) is 24.4 Å². The van der Waals surface area contributed by atoms with Gasteiger partial charge in [0.2, 0.25) is 5.91 Å². The maximum absolute atomic E-state index is 14.0. The number of hydrogen-bond donors (Lipinski definition) is 4. The highest BCUT2D eigenvalue weighted by molar-refractivity contribution is 5.94. The number of piperazine rings is 1. The van der Waals surface area contributed by atoms with E-state index in [1.807, 2.05) is 35.2 Å². The van der Waals surface area contributed by atoms with Crippen molar-refractivity contribution in [3.8, 4) is 0 Å². The van der Waals surface area contributed by atoms with Crippen LogP contribution in [0.25, 0.3) is 11.1 Å². The van der Waals surface area contributed by atoms with E-state index in [9.17, 15) is 19.2 Å². The lowest BCUT2D eigenvalue weighted by Gasteiger charge is -2.45. The third kappa shape index (κ3) is 6.03. The molecule has 12 heteroatoms. The normalized spacial score (nSPS) is 21.2. The van der Waals surface area contributed by atoms with Crippen molar-refractivity contribution in [1.82, 2.24) is 30.3 Å². The molecular weight excluding hydrogens is 574 g/mol. The Bertz CT molecular complexity index is 1630. The van der Waals surface area contributed by atoms with Gasteiger partial charge < -0.3 is 30.2 Å². The molecule has 12 nitrogen and oxygen atoms in total. The minimum Gasteiger partial charge on any atom is -0.408 e.